The lowest BCUT2D eigenvalue weighted by Crippen LogP contribution is -2.26. The number of ketones is 1. The standard InChI is InChI=1S/C20H23BN3O/c1-13(2)16-6-5-7-17-19(16)23(4)20(22)24(17)12-18(25)14-8-10-15(21-3)11-9-14/h5-11,13,22H,12H2,1-4H3. The fourth-order valence-electron chi connectivity index (χ4n) is 3.26. The molecule has 1 aromatic heterocycles. The van der Waals surface area contributed by atoms with Crippen LogP contribution in [0, 0.1) is 5.41 Å². The van der Waals surface area contributed by atoms with E-state index in [9.17, 15) is 4.79 Å². The first kappa shape index (κ1) is 17.3. The normalized spacial score (nSPS) is 11.2. The van der Waals surface area contributed by atoms with Gasteiger partial charge in [0.25, 0.3) is 0 Å². The summed E-state index contributed by atoms with van der Waals surface area (Å²) in [5.41, 5.74) is 5.28. The van der Waals surface area contributed by atoms with Crippen molar-refractivity contribution >= 4 is 29.6 Å². The Hall–Kier alpha value is -2.56. The molecule has 1 N–H and O–H groups in total. The smallest absolute Gasteiger partial charge is 0.203 e. The van der Waals surface area contributed by atoms with Crippen LogP contribution in [0.3, 0.4) is 0 Å². The lowest BCUT2D eigenvalue weighted by atomic mass is 9.73. The number of carbonyl (C=O) groups is 1. The maximum absolute atomic E-state index is 12.7. The number of fused-ring (bicyclic) bond motifs is 1. The largest absolute Gasteiger partial charge is 0.313 e. The van der Waals surface area contributed by atoms with Crippen molar-refractivity contribution in [2.24, 2.45) is 7.05 Å². The highest BCUT2D eigenvalue weighted by Gasteiger charge is 2.16. The Morgan fingerprint density at radius 2 is 1.84 bits per heavy atom. The Bertz CT molecular complexity index is 981. The molecule has 127 valence electrons. The molecule has 2 aromatic carbocycles. The van der Waals surface area contributed by atoms with Crippen LogP contribution in [-0.2, 0) is 13.6 Å². The van der Waals surface area contributed by atoms with Crippen LogP contribution in [0.1, 0.15) is 35.7 Å². The molecule has 3 aromatic rings. The number of nitrogens with zero attached hydrogens (tertiary/aromatic N) is 2. The van der Waals surface area contributed by atoms with Crippen LogP contribution >= 0.6 is 0 Å². The summed E-state index contributed by atoms with van der Waals surface area (Å²) in [7, 11) is 3.90. The number of aromatic nitrogens is 2. The average Bonchev–Trinajstić information content (AvgIpc) is 2.86. The van der Waals surface area contributed by atoms with Crippen molar-refractivity contribution in [3.63, 3.8) is 0 Å². The molecular weight excluding hydrogens is 309 g/mol. The molecular formula is C20H23BN3O. The Balaban J connectivity index is 2.04. The number of hydrogen-bond acceptors (Lipinski definition) is 2. The van der Waals surface area contributed by atoms with E-state index in [1.54, 1.807) is 4.57 Å². The minimum atomic E-state index is 0.0172. The van der Waals surface area contributed by atoms with Crippen molar-refractivity contribution in [3.8, 4) is 0 Å². The van der Waals surface area contributed by atoms with Gasteiger partial charge in [0.05, 0.1) is 17.6 Å². The van der Waals surface area contributed by atoms with E-state index in [4.69, 9.17) is 5.41 Å². The van der Waals surface area contributed by atoms with Gasteiger partial charge in [-0.3, -0.25) is 10.2 Å². The lowest BCUT2D eigenvalue weighted by Gasteiger charge is -2.09. The molecule has 25 heavy (non-hydrogen) atoms. The van der Waals surface area contributed by atoms with Gasteiger partial charge in [-0.05, 0) is 17.5 Å². The van der Waals surface area contributed by atoms with Crippen molar-refractivity contribution in [2.45, 2.75) is 33.1 Å². The molecule has 0 atom stereocenters. The second-order valence-corrected chi connectivity index (χ2v) is 6.67. The van der Waals surface area contributed by atoms with Crippen LogP contribution < -0.4 is 11.1 Å². The van der Waals surface area contributed by atoms with E-state index in [0.717, 1.165) is 16.5 Å². The number of para-hydroxylation sites is 1. The van der Waals surface area contributed by atoms with Crippen LogP contribution in [0.4, 0.5) is 0 Å². The predicted molar refractivity (Wildman–Crippen MR) is 103 cm³/mol. The number of nitrogens with one attached hydrogen (secondary N) is 1. The molecule has 0 aliphatic carbocycles. The van der Waals surface area contributed by atoms with Crippen LogP contribution in [0.2, 0.25) is 6.82 Å². The van der Waals surface area contributed by atoms with Gasteiger partial charge in [-0.1, -0.05) is 62.5 Å². The molecule has 0 aliphatic heterocycles. The summed E-state index contributed by atoms with van der Waals surface area (Å²) in [4.78, 5) is 12.7. The number of Topliss-reactive ketones (excluding diaryl/α,β-unsaturated/α-hetero) is 1. The van der Waals surface area contributed by atoms with Gasteiger partial charge in [0, 0.05) is 12.6 Å². The molecule has 1 heterocycles. The second kappa shape index (κ2) is 6.75. The summed E-state index contributed by atoms with van der Waals surface area (Å²) in [5, 5.41) is 8.45. The second-order valence-electron chi connectivity index (χ2n) is 6.67. The van der Waals surface area contributed by atoms with Gasteiger partial charge < -0.3 is 9.13 Å². The molecule has 0 saturated carbocycles. The molecule has 0 unspecified atom stereocenters. The first-order valence-corrected chi connectivity index (χ1v) is 8.59. The monoisotopic (exact) mass is 332 g/mol. The third-order valence-electron chi connectivity index (χ3n) is 4.74. The van der Waals surface area contributed by atoms with E-state index in [-0.39, 0.29) is 12.3 Å². The zero-order chi connectivity index (χ0) is 18.1. The fourth-order valence-corrected chi connectivity index (χ4v) is 3.26. The quantitative estimate of drug-likeness (QED) is 0.567. The zero-order valence-electron chi connectivity index (χ0n) is 15.2. The molecule has 0 spiro atoms. The number of aryl methyl sites for hydroxylation is 1. The highest BCUT2D eigenvalue weighted by atomic mass is 16.1. The minimum absolute atomic E-state index is 0.0172. The van der Waals surface area contributed by atoms with Crippen molar-refractivity contribution in [2.75, 3.05) is 0 Å². The summed E-state index contributed by atoms with van der Waals surface area (Å²) < 4.78 is 3.66. The third kappa shape index (κ3) is 3.06. The molecule has 5 heteroatoms. The van der Waals surface area contributed by atoms with E-state index in [0.29, 0.717) is 17.1 Å². The summed E-state index contributed by atoms with van der Waals surface area (Å²) in [5.74, 6) is 0.377. The van der Waals surface area contributed by atoms with Crippen LogP contribution in [-0.4, -0.2) is 22.2 Å². The Labute approximate surface area is 148 Å². The number of imidazole rings is 1. The van der Waals surface area contributed by atoms with Crippen molar-refractivity contribution in [1.82, 2.24) is 9.13 Å². The summed E-state index contributed by atoms with van der Waals surface area (Å²) in [6.45, 7) is 6.44. The van der Waals surface area contributed by atoms with Gasteiger partial charge in [-0.15, -0.1) is 0 Å². The predicted octanol–water partition coefficient (Wildman–Crippen LogP) is 2.84. The van der Waals surface area contributed by atoms with Crippen LogP contribution in [0.5, 0.6) is 0 Å². The van der Waals surface area contributed by atoms with Crippen LogP contribution in [0.15, 0.2) is 42.5 Å². The van der Waals surface area contributed by atoms with E-state index >= 15 is 0 Å². The molecule has 1 radical (unpaired) electrons. The molecule has 4 nitrogen and oxygen atoms in total. The topological polar surface area (TPSA) is 50.8 Å². The molecule has 0 fully saturated rings. The fraction of sp³-hybridized carbons (Fsp3) is 0.300. The highest BCUT2D eigenvalue weighted by Crippen LogP contribution is 2.24. The van der Waals surface area contributed by atoms with E-state index in [2.05, 4.69) is 19.9 Å². The van der Waals surface area contributed by atoms with E-state index in [1.807, 2.05) is 62.1 Å². The summed E-state index contributed by atoms with van der Waals surface area (Å²) in [6, 6.07) is 13.7. The minimum Gasteiger partial charge on any atom is -0.313 e. The van der Waals surface area contributed by atoms with Gasteiger partial charge in [-0.2, -0.15) is 0 Å². The summed E-state index contributed by atoms with van der Waals surface area (Å²) in [6.07, 6.45) is 0. The third-order valence-corrected chi connectivity index (χ3v) is 4.74. The first-order valence-electron chi connectivity index (χ1n) is 8.59. The molecule has 0 bridgehead atoms. The van der Waals surface area contributed by atoms with Crippen molar-refractivity contribution < 1.29 is 4.79 Å². The summed E-state index contributed by atoms with van der Waals surface area (Å²) >= 11 is 0. The number of hydrogen-bond donors (Lipinski definition) is 1. The Morgan fingerprint density at radius 1 is 1.16 bits per heavy atom. The SMILES string of the molecule is C[B]c1ccc(C(=O)Cn2c(=N)n(C)c3c(C(C)C)cccc32)cc1. The van der Waals surface area contributed by atoms with Gasteiger partial charge in [0.1, 0.15) is 7.28 Å². The first-order chi connectivity index (χ1) is 11.9. The van der Waals surface area contributed by atoms with Gasteiger partial charge >= 0.3 is 0 Å². The van der Waals surface area contributed by atoms with E-state index < -0.39 is 0 Å². The van der Waals surface area contributed by atoms with Gasteiger partial charge in [0.15, 0.2) is 5.78 Å². The van der Waals surface area contributed by atoms with E-state index in [1.165, 1.54) is 5.56 Å². The molecule has 3 rings (SSSR count). The van der Waals surface area contributed by atoms with Crippen LogP contribution in [0.25, 0.3) is 11.0 Å². The Morgan fingerprint density at radius 3 is 2.44 bits per heavy atom. The maximum atomic E-state index is 12.7. The number of rotatable bonds is 5. The highest BCUT2D eigenvalue weighted by molar-refractivity contribution is 6.51. The van der Waals surface area contributed by atoms with Crippen molar-refractivity contribution in [3.05, 3.63) is 59.2 Å². The molecule has 0 saturated heterocycles. The zero-order valence-corrected chi connectivity index (χ0v) is 15.2. The maximum Gasteiger partial charge on any atom is 0.203 e. The average molecular weight is 332 g/mol. The van der Waals surface area contributed by atoms with Gasteiger partial charge in [0.2, 0.25) is 5.62 Å². The molecule has 0 aliphatic rings. The Kier molecular flexibility index (Phi) is 4.66. The van der Waals surface area contributed by atoms with Gasteiger partial charge in [-0.25, -0.2) is 0 Å². The lowest BCUT2D eigenvalue weighted by molar-refractivity contribution is 0.0971. The number of carbonyl (C=O) groups excluding carboxylic acids is 1. The number of benzene rings is 2. The molecule has 0 amide bonds. The van der Waals surface area contributed by atoms with Crippen molar-refractivity contribution in [1.29, 1.82) is 5.41 Å².